The van der Waals surface area contributed by atoms with Gasteiger partial charge in [0.25, 0.3) is 5.91 Å². The van der Waals surface area contributed by atoms with Gasteiger partial charge in [0.2, 0.25) is 0 Å². The molecule has 0 saturated heterocycles. The maximum absolute atomic E-state index is 11.2. The van der Waals surface area contributed by atoms with Crippen molar-refractivity contribution in [1.29, 1.82) is 0 Å². The minimum absolute atomic E-state index is 0.0593. The summed E-state index contributed by atoms with van der Waals surface area (Å²) in [4.78, 5) is 14.3. The predicted octanol–water partition coefficient (Wildman–Crippen LogP) is 1.68. The zero-order valence-electron chi connectivity index (χ0n) is 9.12. The van der Waals surface area contributed by atoms with E-state index in [1.165, 1.54) is 0 Å². The van der Waals surface area contributed by atoms with Crippen molar-refractivity contribution >= 4 is 16.8 Å². The second-order valence-electron chi connectivity index (χ2n) is 3.47. The lowest BCUT2D eigenvalue weighted by molar-refractivity contribution is -0.122. The minimum atomic E-state index is -0.100. The number of benzene rings is 1. The van der Waals surface area contributed by atoms with Gasteiger partial charge in [-0.05, 0) is 31.2 Å². The second-order valence-corrected chi connectivity index (χ2v) is 3.47. The van der Waals surface area contributed by atoms with Gasteiger partial charge in [0.1, 0.15) is 5.75 Å². The Labute approximate surface area is 93.6 Å². The first-order chi connectivity index (χ1) is 7.79. The first kappa shape index (κ1) is 10.5. The van der Waals surface area contributed by atoms with Crippen LogP contribution in [0.15, 0.2) is 30.5 Å². The van der Waals surface area contributed by atoms with Crippen LogP contribution in [-0.4, -0.2) is 24.0 Å². The molecule has 0 saturated carbocycles. The van der Waals surface area contributed by atoms with Gasteiger partial charge in [-0.2, -0.15) is 0 Å². The summed E-state index contributed by atoms with van der Waals surface area (Å²) in [6.45, 7) is 2.56. The number of hydrogen-bond donors (Lipinski definition) is 2. The number of aromatic nitrogens is 1. The molecule has 1 amide bonds. The van der Waals surface area contributed by atoms with Gasteiger partial charge in [0.05, 0.1) is 0 Å². The number of ether oxygens (including phenoxy) is 1. The lowest BCUT2D eigenvalue weighted by atomic mass is 10.2. The van der Waals surface area contributed by atoms with E-state index in [1.54, 1.807) is 0 Å². The third-order valence-corrected chi connectivity index (χ3v) is 2.27. The molecule has 1 aromatic heterocycles. The number of amides is 1. The Morgan fingerprint density at radius 3 is 3.12 bits per heavy atom. The standard InChI is InChI=1S/C12H14N2O2/c1-2-13-12(15)8-16-10-3-4-11-9(7-10)5-6-14-11/h3-7,14H,2,8H2,1H3,(H,13,15). The van der Waals surface area contributed by atoms with Crippen molar-refractivity contribution in [2.24, 2.45) is 0 Å². The molecule has 84 valence electrons. The van der Waals surface area contributed by atoms with Crippen LogP contribution in [0.1, 0.15) is 6.92 Å². The van der Waals surface area contributed by atoms with Crippen molar-refractivity contribution in [3.63, 3.8) is 0 Å². The van der Waals surface area contributed by atoms with Gasteiger partial charge in [-0.1, -0.05) is 0 Å². The summed E-state index contributed by atoms with van der Waals surface area (Å²) in [5, 5.41) is 3.76. The molecule has 2 rings (SSSR count). The van der Waals surface area contributed by atoms with Gasteiger partial charge in [0, 0.05) is 23.6 Å². The van der Waals surface area contributed by atoms with Crippen molar-refractivity contribution < 1.29 is 9.53 Å². The number of likely N-dealkylation sites (N-methyl/N-ethyl adjacent to an activating group) is 1. The van der Waals surface area contributed by atoms with Gasteiger partial charge >= 0.3 is 0 Å². The van der Waals surface area contributed by atoms with Crippen LogP contribution < -0.4 is 10.1 Å². The number of rotatable bonds is 4. The van der Waals surface area contributed by atoms with E-state index in [0.717, 1.165) is 10.9 Å². The second kappa shape index (κ2) is 4.70. The lowest BCUT2D eigenvalue weighted by Crippen LogP contribution is -2.28. The van der Waals surface area contributed by atoms with E-state index in [2.05, 4.69) is 10.3 Å². The smallest absolute Gasteiger partial charge is 0.257 e. The van der Waals surface area contributed by atoms with E-state index < -0.39 is 0 Å². The number of hydrogen-bond acceptors (Lipinski definition) is 2. The topological polar surface area (TPSA) is 54.1 Å². The Kier molecular flexibility index (Phi) is 3.10. The zero-order chi connectivity index (χ0) is 11.4. The van der Waals surface area contributed by atoms with Gasteiger partial charge in [-0.3, -0.25) is 4.79 Å². The lowest BCUT2D eigenvalue weighted by Gasteiger charge is -2.05. The number of carbonyl (C=O) groups excluding carboxylic acids is 1. The third kappa shape index (κ3) is 2.34. The van der Waals surface area contributed by atoms with Crippen LogP contribution in [0.3, 0.4) is 0 Å². The van der Waals surface area contributed by atoms with Crippen LogP contribution in [0.5, 0.6) is 5.75 Å². The molecule has 0 aliphatic rings. The average molecular weight is 218 g/mol. The van der Waals surface area contributed by atoms with E-state index in [9.17, 15) is 4.79 Å². The van der Waals surface area contributed by atoms with Gasteiger partial charge in [0.15, 0.2) is 6.61 Å². The molecule has 4 nitrogen and oxygen atoms in total. The molecule has 0 unspecified atom stereocenters. The van der Waals surface area contributed by atoms with E-state index in [0.29, 0.717) is 12.3 Å². The first-order valence-corrected chi connectivity index (χ1v) is 5.26. The molecule has 1 aromatic carbocycles. The highest BCUT2D eigenvalue weighted by Gasteiger charge is 2.02. The quantitative estimate of drug-likeness (QED) is 0.820. The summed E-state index contributed by atoms with van der Waals surface area (Å²) in [7, 11) is 0. The summed E-state index contributed by atoms with van der Waals surface area (Å²) in [5.41, 5.74) is 1.06. The number of aromatic amines is 1. The van der Waals surface area contributed by atoms with Crippen molar-refractivity contribution in [2.75, 3.05) is 13.2 Å². The van der Waals surface area contributed by atoms with Crippen LogP contribution in [0, 0.1) is 0 Å². The molecular formula is C12H14N2O2. The highest BCUT2D eigenvalue weighted by molar-refractivity contribution is 5.81. The molecule has 0 bridgehead atoms. The third-order valence-electron chi connectivity index (χ3n) is 2.27. The fourth-order valence-electron chi connectivity index (χ4n) is 1.52. The number of nitrogens with one attached hydrogen (secondary N) is 2. The molecule has 1 heterocycles. The molecular weight excluding hydrogens is 204 g/mol. The molecule has 2 N–H and O–H groups in total. The highest BCUT2D eigenvalue weighted by atomic mass is 16.5. The molecule has 0 aliphatic heterocycles. The largest absolute Gasteiger partial charge is 0.484 e. The summed E-state index contributed by atoms with van der Waals surface area (Å²) < 4.78 is 5.37. The predicted molar refractivity (Wildman–Crippen MR) is 62.5 cm³/mol. The maximum atomic E-state index is 11.2. The molecule has 0 aliphatic carbocycles. The van der Waals surface area contributed by atoms with Crippen LogP contribution >= 0.6 is 0 Å². The molecule has 0 fully saturated rings. The molecule has 2 aromatic rings. The minimum Gasteiger partial charge on any atom is -0.484 e. The van der Waals surface area contributed by atoms with E-state index >= 15 is 0 Å². The molecule has 4 heteroatoms. The number of fused-ring (bicyclic) bond motifs is 1. The summed E-state index contributed by atoms with van der Waals surface area (Å²) in [6, 6.07) is 7.65. The summed E-state index contributed by atoms with van der Waals surface area (Å²) in [6.07, 6.45) is 1.87. The molecule has 0 spiro atoms. The SMILES string of the molecule is CCNC(=O)COc1ccc2[nH]ccc2c1. The number of H-pyrrole nitrogens is 1. The van der Waals surface area contributed by atoms with Crippen molar-refractivity contribution in [3.05, 3.63) is 30.5 Å². The van der Waals surface area contributed by atoms with Crippen LogP contribution in [-0.2, 0) is 4.79 Å². The summed E-state index contributed by atoms with van der Waals surface area (Å²) in [5.74, 6) is 0.606. The zero-order valence-corrected chi connectivity index (χ0v) is 9.12. The fraction of sp³-hybridized carbons (Fsp3) is 0.250. The van der Waals surface area contributed by atoms with E-state index in [1.807, 2.05) is 37.4 Å². The summed E-state index contributed by atoms with van der Waals surface area (Å²) >= 11 is 0. The first-order valence-electron chi connectivity index (χ1n) is 5.26. The van der Waals surface area contributed by atoms with E-state index in [-0.39, 0.29) is 12.5 Å². The Balaban J connectivity index is 2.01. The normalized spacial score (nSPS) is 10.3. The highest BCUT2D eigenvalue weighted by Crippen LogP contribution is 2.19. The van der Waals surface area contributed by atoms with Gasteiger partial charge in [-0.15, -0.1) is 0 Å². The van der Waals surface area contributed by atoms with E-state index in [4.69, 9.17) is 4.74 Å². The monoisotopic (exact) mass is 218 g/mol. The Hall–Kier alpha value is -1.97. The molecule has 16 heavy (non-hydrogen) atoms. The Morgan fingerprint density at radius 1 is 1.44 bits per heavy atom. The average Bonchev–Trinajstić information content (AvgIpc) is 2.74. The van der Waals surface area contributed by atoms with Crippen molar-refractivity contribution in [2.45, 2.75) is 6.92 Å². The Morgan fingerprint density at radius 2 is 2.31 bits per heavy atom. The van der Waals surface area contributed by atoms with Crippen LogP contribution in [0.25, 0.3) is 10.9 Å². The van der Waals surface area contributed by atoms with Gasteiger partial charge in [-0.25, -0.2) is 0 Å². The van der Waals surface area contributed by atoms with Crippen LogP contribution in [0.4, 0.5) is 0 Å². The maximum Gasteiger partial charge on any atom is 0.257 e. The molecule has 0 atom stereocenters. The van der Waals surface area contributed by atoms with Crippen molar-refractivity contribution in [1.82, 2.24) is 10.3 Å². The fourth-order valence-corrected chi connectivity index (χ4v) is 1.52. The number of carbonyl (C=O) groups is 1. The van der Waals surface area contributed by atoms with Crippen molar-refractivity contribution in [3.8, 4) is 5.75 Å². The van der Waals surface area contributed by atoms with Gasteiger partial charge < -0.3 is 15.0 Å². The Bertz CT molecular complexity index is 490. The molecule has 0 radical (unpaired) electrons. The van der Waals surface area contributed by atoms with Crippen LogP contribution in [0.2, 0.25) is 0 Å².